The molecule has 1 unspecified atom stereocenters. The van der Waals surface area contributed by atoms with Crippen molar-refractivity contribution in [2.75, 3.05) is 0 Å². The van der Waals surface area contributed by atoms with Gasteiger partial charge in [0.15, 0.2) is 0 Å². The van der Waals surface area contributed by atoms with Crippen LogP contribution in [-0.4, -0.2) is 30.1 Å². The van der Waals surface area contributed by atoms with Gasteiger partial charge in [0.2, 0.25) is 17.7 Å². The third-order valence-corrected chi connectivity index (χ3v) is 4.86. The van der Waals surface area contributed by atoms with Gasteiger partial charge < -0.3 is 4.52 Å². The molecule has 7 nitrogen and oxygen atoms in total. The molecule has 140 valence electrons. The largest absolute Gasteiger partial charge is 0.339 e. The third-order valence-electron chi connectivity index (χ3n) is 4.86. The summed E-state index contributed by atoms with van der Waals surface area (Å²) in [7, 11) is 0. The highest BCUT2D eigenvalue weighted by Gasteiger charge is 2.29. The molecule has 1 atom stereocenters. The van der Waals surface area contributed by atoms with E-state index in [9.17, 15) is 8.78 Å². The van der Waals surface area contributed by atoms with Gasteiger partial charge >= 0.3 is 0 Å². The highest BCUT2D eigenvalue weighted by Crippen LogP contribution is 2.32. The van der Waals surface area contributed by atoms with Gasteiger partial charge in [0.1, 0.15) is 5.82 Å². The van der Waals surface area contributed by atoms with Crippen molar-refractivity contribution in [2.45, 2.75) is 25.2 Å². The molecule has 0 amide bonds. The zero-order valence-corrected chi connectivity index (χ0v) is 14.6. The molecular formula is C19H14F2N6O. The minimum atomic E-state index is -0.536. The maximum absolute atomic E-state index is 13.1. The number of hydrogen-bond donors (Lipinski definition) is 0. The van der Waals surface area contributed by atoms with Crippen molar-refractivity contribution in [2.24, 2.45) is 0 Å². The Hall–Kier alpha value is -3.49. The van der Waals surface area contributed by atoms with Crippen LogP contribution in [0.5, 0.6) is 0 Å². The molecule has 3 heterocycles. The Bertz CT molecular complexity index is 1120. The molecule has 0 bridgehead atoms. The first-order valence-corrected chi connectivity index (χ1v) is 8.82. The van der Waals surface area contributed by atoms with Crippen LogP contribution in [0, 0.1) is 11.8 Å². The summed E-state index contributed by atoms with van der Waals surface area (Å²) in [6.07, 6.45) is 3.57. The van der Waals surface area contributed by atoms with E-state index in [1.807, 2.05) is 0 Å². The van der Waals surface area contributed by atoms with E-state index in [2.05, 4.69) is 25.4 Å². The molecule has 0 aliphatic heterocycles. The summed E-state index contributed by atoms with van der Waals surface area (Å²) < 4.78 is 33.3. The zero-order chi connectivity index (χ0) is 19.1. The Morgan fingerprint density at radius 2 is 1.93 bits per heavy atom. The van der Waals surface area contributed by atoms with Crippen LogP contribution in [0.4, 0.5) is 8.78 Å². The van der Waals surface area contributed by atoms with Crippen molar-refractivity contribution in [1.29, 1.82) is 0 Å². The number of halogens is 2. The molecule has 28 heavy (non-hydrogen) atoms. The normalized spacial score (nSPS) is 16.1. The quantitative estimate of drug-likeness (QED) is 0.508. The minimum Gasteiger partial charge on any atom is -0.339 e. The molecular weight excluding hydrogens is 366 g/mol. The second kappa shape index (κ2) is 6.59. The predicted molar refractivity (Wildman–Crippen MR) is 93.6 cm³/mol. The summed E-state index contributed by atoms with van der Waals surface area (Å²) in [4.78, 5) is 8.15. The monoisotopic (exact) mass is 380 g/mol. The van der Waals surface area contributed by atoms with Crippen LogP contribution in [0.1, 0.15) is 29.6 Å². The fourth-order valence-electron chi connectivity index (χ4n) is 3.42. The Kier molecular flexibility index (Phi) is 3.92. The van der Waals surface area contributed by atoms with Gasteiger partial charge in [-0.25, -0.2) is 14.1 Å². The average Bonchev–Trinajstić information content (AvgIpc) is 3.36. The lowest BCUT2D eigenvalue weighted by molar-refractivity contribution is 0.339. The molecule has 1 aliphatic carbocycles. The minimum absolute atomic E-state index is 0.0330. The molecule has 9 heteroatoms. The fraction of sp³-hybridized carbons (Fsp3) is 0.211. The van der Waals surface area contributed by atoms with E-state index in [0.29, 0.717) is 29.4 Å². The zero-order valence-electron chi connectivity index (χ0n) is 14.6. The second-order valence-electron chi connectivity index (χ2n) is 6.64. The molecule has 0 spiro atoms. The van der Waals surface area contributed by atoms with Crippen LogP contribution in [0.3, 0.4) is 0 Å². The van der Waals surface area contributed by atoms with E-state index in [-0.39, 0.29) is 11.7 Å². The van der Waals surface area contributed by atoms with Crippen molar-refractivity contribution < 1.29 is 13.3 Å². The van der Waals surface area contributed by atoms with Crippen LogP contribution < -0.4 is 0 Å². The lowest BCUT2D eigenvalue weighted by Crippen LogP contribution is -2.15. The van der Waals surface area contributed by atoms with E-state index >= 15 is 0 Å². The molecule has 0 saturated heterocycles. The predicted octanol–water partition coefficient (Wildman–Crippen LogP) is 3.26. The van der Waals surface area contributed by atoms with Crippen molar-refractivity contribution in [3.63, 3.8) is 0 Å². The maximum atomic E-state index is 13.1. The number of nitrogens with zero attached hydrogens (tertiary/aromatic N) is 6. The molecule has 1 aromatic carbocycles. The number of aromatic nitrogens is 6. The fourth-order valence-corrected chi connectivity index (χ4v) is 3.42. The summed E-state index contributed by atoms with van der Waals surface area (Å²) in [5.41, 5.74) is 3.19. The molecule has 0 radical (unpaired) electrons. The van der Waals surface area contributed by atoms with Crippen molar-refractivity contribution >= 4 is 0 Å². The standard InChI is InChI=1S/C19H14F2N6O/c20-13-4-1-11(2-5-13)18-23-19(28-25-18)12-3-7-16-15(9-12)24-26-27(16)14-6-8-17(21)22-10-14/h1-2,4-6,8,10,12H,3,7,9H2. The summed E-state index contributed by atoms with van der Waals surface area (Å²) in [5.74, 6) is 0.147. The van der Waals surface area contributed by atoms with Gasteiger partial charge in [-0.1, -0.05) is 10.4 Å². The van der Waals surface area contributed by atoms with Crippen molar-refractivity contribution in [1.82, 2.24) is 30.1 Å². The Morgan fingerprint density at radius 1 is 1.07 bits per heavy atom. The number of rotatable bonds is 3. The van der Waals surface area contributed by atoms with Gasteiger partial charge in [-0.3, -0.25) is 0 Å². The van der Waals surface area contributed by atoms with Gasteiger partial charge in [0.05, 0.1) is 23.3 Å². The molecule has 0 N–H and O–H groups in total. The Labute approximate surface area is 158 Å². The topological polar surface area (TPSA) is 82.5 Å². The Balaban J connectivity index is 1.38. The van der Waals surface area contributed by atoms with Gasteiger partial charge in [0.25, 0.3) is 0 Å². The number of hydrogen-bond acceptors (Lipinski definition) is 6. The van der Waals surface area contributed by atoms with E-state index in [4.69, 9.17) is 4.52 Å². The summed E-state index contributed by atoms with van der Waals surface area (Å²) in [6.45, 7) is 0. The van der Waals surface area contributed by atoms with Gasteiger partial charge in [-0.05, 0) is 49.2 Å². The average molecular weight is 380 g/mol. The first kappa shape index (κ1) is 16.7. The molecule has 1 aliphatic rings. The first-order valence-electron chi connectivity index (χ1n) is 8.82. The Morgan fingerprint density at radius 3 is 2.71 bits per heavy atom. The number of fused-ring (bicyclic) bond motifs is 1. The smallest absolute Gasteiger partial charge is 0.230 e. The summed E-state index contributed by atoms with van der Waals surface area (Å²) >= 11 is 0. The number of benzene rings is 1. The van der Waals surface area contributed by atoms with Gasteiger partial charge in [-0.15, -0.1) is 5.10 Å². The van der Waals surface area contributed by atoms with E-state index in [0.717, 1.165) is 24.2 Å². The van der Waals surface area contributed by atoms with Gasteiger partial charge in [0, 0.05) is 17.9 Å². The van der Waals surface area contributed by atoms with Crippen LogP contribution in [0.2, 0.25) is 0 Å². The van der Waals surface area contributed by atoms with E-state index in [1.54, 1.807) is 22.9 Å². The van der Waals surface area contributed by atoms with Crippen molar-refractivity contribution in [3.05, 3.63) is 71.6 Å². The SMILES string of the molecule is Fc1ccc(-c2noc(C3CCc4c(nnn4-c4ccc(F)nc4)C3)n2)cc1. The third kappa shape index (κ3) is 2.94. The second-order valence-corrected chi connectivity index (χ2v) is 6.64. The van der Waals surface area contributed by atoms with E-state index in [1.165, 1.54) is 24.4 Å². The van der Waals surface area contributed by atoms with Crippen LogP contribution in [0.15, 0.2) is 47.1 Å². The van der Waals surface area contributed by atoms with Gasteiger partial charge in [-0.2, -0.15) is 9.37 Å². The first-order chi connectivity index (χ1) is 13.7. The van der Waals surface area contributed by atoms with Crippen LogP contribution >= 0.6 is 0 Å². The molecule has 5 rings (SSSR count). The number of pyridine rings is 1. The highest BCUT2D eigenvalue weighted by molar-refractivity contribution is 5.53. The van der Waals surface area contributed by atoms with Crippen molar-refractivity contribution in [3.8, 4) is 17.1 Å². The summed E-state index contributed by atoms with van der Waals surface area (Å²) in [5, 5.41) is 12.5. The molecule has 4 aromatic rings. The van der Waals surface area contributed by atoms with E-state index < -0.39 is 5.95 Å². The van der Waals surface area contributed by atoms with Crippen LogP contribution in [0.25, 0.3) is 17.1 Å². The molecule has 3 aromatic heterocycles. The summed E-state index contributed by atoms with van der Waals surface area (Å²) in [6, 6.07) is 8.87. The highest BCUT2D eigenvalue weighted by atomic mass is 19.1. The lowest BCUT2D eigenvalue weighted by atomic mass is 9.89. The molecule has 0 fully saturated rings. The van der Waals surface area contributed by atoms with Crippen LogP contribution in [-0.2, 0) is 12.8 Å². The molecule has 0 saturated carbocycles. The maximum Gasteiger partial charge on any atom is 0.230 e. The lowest BCUT2D eigenvalue weighted by Gasteiger charge is -2.18.